The summed E-state index contributed by atoms with van der Waals surface area (Å²) in [4.78, 5) is 0.312. The number of benzene rings is 1. The Morgan fingerprint density at radius 3 is 2.41 bits per heavy atom. The van der Waals surface area contributed by atoms with Gasteiger partial charge in [0.15, 0.2) is 0 Å². The van der Waals surface area contributed by atoms with E-state index < -0.39 is 10.0 Å². The quantitative estimate of drug-likeness (QED) is 0.891. The van der Waals surface area contributed by atoms with Crippen molar-refractivity contribution in [3.05, 3.63) is 23.3 Å². The molecule has 1 aliphatic rings. The third-order valence-electron chi connectivity index (χ3n) is 2.88. The number of aryl methyl sites for hydroxylation is 2. The maximum atomic E-state index is 12.1. The molecular weight excluding hydrogens is 238 g/mol. The van der Waals surface area contributed by atoms with Crippen molar-refractivity contribution >= 4 is 10.0 Å². The van der Waals surface area contributed by atoms with E-state index in [1.807, 2.05) is 13.0 Å². The summed E-state index contributed by atoms with van der Waals surface area (Å²) in [5, 5.41) is 0. The molecule has 5 heteroatoms. The Kier molecular flexibility index (Phi) is 3.14. The zero-order chi connectivity index (χ0) is 12.6. The Balaban J connectivity index is 2.43. The number of rotatable bonds is 4. The lowest BCUT2D eigenvalue weighted by molar-refractivity contribution is 0.410. The topological polar surface area (TPSA) is 55.4 Å². The van der Waals surface area contributed by atoms with Gasteiger partial charge < -0.3 is 4.74 Å². The number of hydrogen-bond donors (Lipinski definition) is 1. The summed E-state index contributed by atoms with van der Waals surface area (Å²) in [6.07, 6.45) is 1.86. The highest BCUT2D eigenvalue weighted by Gasteiger charge is 2.29. The molecule has 0 saturated heterocycles. The van der Waals surface area contributed by atoms with Crippen LogP contribution in [0.25, 0.3) is 0 Å². The molecular formula is C12H17NO3S. The minimum absolute atomic E-state index is 0.117. The van der Waals surface area contributed by atoms with E-state index in [1.165, 1.54) is 0 Å². The van der Waals surface area contributed by atoms with Crippen LogP contribution in [0.2, 0.25) is 0 Å². The molecule has 4 nitrogen and oxygen atoms in total. The molecule has 2 rings (SSSR count). The number of sulfonamides is 1. The first-order chi connectivity index (χ1) is 7.94. The molecule has 0 bridgehead atoms. The summed E-state index contributed by atoms with van der Waals surface area (Å²) in [7, 11) is -1.86. The lowest BCUT2D eigenvalue weighted by atomic mass is 10.1. The Morgan fingerprint density at radius 1 is 1.24 bits per heavy atom. The highest BCUT2D eigenvalue weighted by Crippen LogP contribution is 2.28. The van der Waals surface area contributed by atoms with E-state index in [2.05, 4.69) is 4.72 Å². The van der Waals surface area contributed by atoms with Crippen molar-refractivity contribution in [2.75, 3.05) is 7.11 Å². The van der Waals surface area contributed by atoms with Gasteiger partial charge in [-0.05, 0) is 37.8 Å². The first-order valence-electron chi connectivity index (χ1n) is 5.61. The molecule has 1 saturated carbocycles. The van der Waals surface area contributed by atoms with Gasteiger partial charge in [0.05, 0.1) is 12.0 Å². The van der Waals surface area contributed by atoms with E-state index in [0.29, 0.717) is 10.6 Å². The minimum Gasteiger partial charge on any atom is -0.496 e. The van der Waals surface area contributed by atoms with E-state index in [-0.39, 0.29) is 6.04 Å². The maximum Gasteiger partial charge on any atom is 0.241 e. The van der Waals surface area contributed by atoms with Gasteiger partial charge in [0, 0.05) is 12.1 Å². The highest BCUT2D eigenvalue weighted by molar-refractivity contribution is 7.89. The molecule has 1 aromatic carbocycles. The predicted molar refractivity (Wildman–Crippen MR) is 65.8 cm³/mol. The molecule has 0 radical (unpaired) electrons. The highest BCUT2D eigenvalue weighted by atomic mass is 32.2. The van der Waals surface area contributed by atoms with Gasteiger partial charge in [-0.15, -0.1) is 0 Å². The fraction of sp³-hybridized carbons (Fsp3) is 0.500. The van der Waals surface area contributed by atoms with E-state index in [9.17, 15) is 8.42 Å². The fourth-order valence-corrected chi connectivity index (χ4v) is 3.35. The van der Waals surface area contributed by atoms with Gasteiger partial charge in [-0.3, -0.25) is 0 Å². The van der Waals surface area contributed by atoms with Crippen molar-refractivity contribution < 1.29 is 13.2 Å². The molecule has 0 aliphatic heterocycles. The van der Waals surface area contributed by atoms with Gasteiger partial charge in [-0.1, -0.05) is 6.07 Å². The summed E-state index contributed by atoms with van der Waals surface area (Å²) in [6, 6.07) is 3.54. The molecule has 1 fully saturated rings. The third-order valence-corrected chi connectivity index (χ3v) is 4.54. The number of nitrogens with one attached hydrogen (secondary N) is 1. The van der Waals surface area contributed by atoms with Crippen LogP contribution in [0.3, 0.4) is 0 Å². The van der Waals surface area contributed by atoms with Crippen LogP contribution < -0.4 is 9.46 Å². The molecule has 0 amide bonds. The second-order valence-electron chi connectivity index (χ2n) is 4.48. The van der Waals surface area contributed by atoms with Crippen molar-refractivity contribution in [1.82, 2.24) is 4.72 Å². The van der Waals surface area contributed by atoms with Gasteiger partial charge in [0.25, 0.3) is 0 Å². The summed E-state index contributed by atoms with van der Waals surface area (Å²) < 4.78 is 32.1. The van der Waals surface area contributed by atoms with Gasteiger partial charge in [0.1, 0.15) is 5.75 Å². The van der Waals surface area contributed by atoms with Crippen LogP contribution in [-0.2, 0) is 10.0 Å². The fourth-order valence-electron chi connectivity index (χ4n) is 1.81. The summed E-state index contributed by atoms with van der Waals surface area (Å²) in [5.74, 6) is 0.603. The van der Waals surface area contributed by atoms with E-state index in [1.54, 1.807) is 20.1 Å². The largest absolute Gasteiger partial charge is 0.496 e. The normalized spacial score (nSPS) is 15.9. The molecule has 1 aliphatic carbocycles. The molecule has 0 unspecified atom stereocenters. The third kappa shape index (κ3) is 2.61. The lowest BCUT2D eigenvalue weighted by Crippen LogP contribution is -2.26. The van der Waals surface area contributed by atoms with Crippen LogP contribution in [0, 0.1) is 13.8 Å². The SMILES string of the molecule is COc1cc(S(=O)(=O)NC2CC2)c(C)cc1C. The van der Waals surface area contributed by atoms with E-state index in [4.69, 9.17) is 4.74 Å². The first-order valence-corrected chi connectivity index (χ1v) is 7.10. The van der Waals surface area contributed by atoms with Gasteiger partial charge >= 0.3 is 0 Å². The van der Waals surface area contributed by atoms with E-state index in [0.717, 1.165) is 24.0 Å². The molecule has 1 N–H and O–H groups in total. The van der Waals surface area contributed by atoms with Crippen LogP contribution >= 0.6 is 0 Å². The predicted octanol–water partition coefficient (Wildman–Crippen LogP) is 1.75. The summed E-state index contributed by atoms with van der Waals surface area (Å²) in [6.45, 7) is 3.70. The Labute approximate surface area is 102 Å². The first kappa shape index (κ1) is 12.4. The average molecular weight is 255 g/mol. The molecule has 0 atom stereocenters. The zero-order valence-electron chi connectivity index (χ0n) is 10.3. The van der Waals surface area contributed by atoms with Gasteiger partial charge in [-0.25, -0.2) is 13.1 Å². The Hall–Kier alpha value is -1.07. The summed E-state index contributed by atoms with van der Waals surface area (Å²) in [5.41, 5.74) is 1.69. The average Bonchev–Trinajstić information content (AvgIpc) is 3.00. The number of hydrogen-bond acceptors (Lipinski definition) is 3. The van der Waals surface area contributed by atoms with Crippen molar-refractivity contribution in [2.45, 2.75) is 37.6 Å². The molecule has 94 valence electrons. The monoisotopic (exact) mass is 255 g/mol. The standard InChI is InChI=1S/C12H17NO3S/c1-8-6-9(2)12(7-11(8)16-3)17(14,15)13-10-4-5-10/h6-7,10,13H,4-5H2,1-3H3. The van der Waals surface area contributed by atoms with Crippen LogP contribution in [-0.4, -0.2) is 21.6 Å². The molecule has 0 spiro atoms. The maximum absolute atomic E-state index is 12.1. The smallest absolute Gasteiger partial charge is 0.241 e. The van der Waals surface area contributed by atoms with Gasteiger partial charge in [0.2, 0.25) is 10.0 Å². The van der Waals surface area contributed by atoms with Crippen LogP contribution in [0.1, 0.15) is 24.0 Å². The van der Waals surface area contributed by atoms with Crippen molar-refractivity contribution in [2.24, 2.45) is 0 Å². The molecule has 0 heterocycles. The molecule has 17 heavy (non-hydrogen) atoms. The Bertz CT molecular complexity index is 533. The summed E-state index contributed by atoms with van der Waals surface area (Å²) >= 11 is 0. The Morgan fingerprint density at radius 2 is 1.88 bits per heavy atom. The second-order valence-corrected chi connectivity index (χ2v) is 6.17. The zero-order valence-corrected chi connectivity index (χ0v) is 11.1. The molecule has 0 aromatic heterocycles. The van der Waals surface area contributed by atoms with E-state index >= 15 is 0 Å². The lowest BCUT2D eigenvalue weighted by Gasteiger charge is -2.12. The van der Waals surface area contributed by atoms with Crippen LogP contribution in [0.15, 0.2) is 17.0 Å². The van der Waals surface area contributed by atoms with Crippen LogP contribution in [0.5, 0.6) is 5.75 Å². The minimum atomic E-state index is -3.41. The van der Waals surface area contributed by atoms with Crippen molar-refractivity contribution in [3.63, 3.8) is 0 Å². The van der Waals surface area contributed by atoms with Gasteiger partial charge in [-0.2, -0.15) is 0 Å². The second kappa shape index (κ2) is 4.31. The van der Waals surface area contributed by atoms with Crippen molar-refractivity contribution in [1.29, 1.82) is 0 Å². The van der Waals surface area contributed by atoms with Crippen LogP contribution in [0.4, 0.5) is 0 Å². The molecule has 1 aromatic rings. The van der Waals surface area contributed by atoms with Crippen molar-refractivity contribution in [3.8, 4) is 5.75 Å². The number of ether oxygens (including phenoxy) is 1. The number of methoxy groups -OCH3 is 1.